The van der Waals surface area contributed by atoms with Gasteiger partial charge in [0.05, 0.1) is 26.3 Å². The smallest absolute Gasteiger partial charge is 0.253 e. The number of hydrogen-bond donors (Lipinski definition) is 2. The molecule has 3 aromatic rings. The Morgan fingerprint density at radius 2 is 1.77 bits per heavy atom. The van der Waals surface area contributed by atoms with Crippen molar-refractivity contribution in [2.24, 2.45) is 0 Å². The lowest BCUT2D eigenvalue weighted by molar-refractivity contribution is 0.322. The molecule has 0 fully saturated rings. The molecule has 35 heavy (non-hydrogen) atoms. The maximum Gasteiger partial charge on any atom is 0.253 e. The first-order valence-electron chi connectivity index (χ1n) is 11.7. The van der Waals surface area contributed by atoms with Crippen LogP contribution in [0.2, 0.25) is 0 Å². The second kappa shape index (κ2) is 12.0. The maximum absolute atomic E-state index is 12.9. The Labute approximate surface area is 213 Å². The molecule has 0 amide bonds. The third kappa shape index (κ3) is 6.96. The maximum atomic E-state index is 12.9. The van der Waals surface area contributed by atoms with Crippen molar-refractivity contribution in [1.29, 1.82) is 0 Å². The van der Waals surface area contributed by atoms with Gasteiger partial charge in [-0.05, 0) is 87.4 Å². The first kappa shape index (κ1) is 26.5. The van der Waals surface area contributed by atoms with Gasteiger partial charge in [-0.15, -0.1) is 0 Å². The predicted octanol–water partition coefficient (Wildman–Crippen LogP) is 3.64. The number of nitrogens with one attached hydrogen (secondary N) is 2. The van der Waals surface area contributed by atoms with Crippen LogP contribution in [0.3, 0.4) is 0 Å². The molecule has 2 aromatic carbocycles. The van der Waals surface area contributed by atoms with Gasteiger partial charge < -0.3 is 29.6 Å². The number of aromatic amines is 1. The summed E-state index contributed by atoms with van der Waals surface area (Å²) in [6.07, 6.45) is 0.775. The van der Waals surface area contributed by atoms with Crippen molar-refractivity contribution in [3.05, 3.63) is 69.0 Å². The van der Waals surface area contributed by atoms with E-state index in [1.54, 1.807) is 14.2 Å². The molecule has 1 heterocycles. The van der Waals surface area contributed by atoms with Gasteiger partial charge in [0.1, 0.15) is 0 Å². The van der Waals surface area contributed by atoms with Crippen molar-refractivity contribution in [3.63, 3.8) is 0 Å². The summed E-state index contributed by atoms with van der Waals surface area (Å²) in [6.45, 7) is 6.72. The molecule has 1 aromatic heterocycles. The molecule has 0 aliphatic carbocycles. The van der Waals surface area contributed by atoms with Crippen LogP contribution in [-0.4, -0.2) is 67.8 Å². The van der Waals surface area contributed by atoms with Crippen LogP contribution in [0, 0.1) is 13.8 Å². The second-order valence-electron chi connectivity index (χ2n) is 9.07. The highest BCUT2D eigenvalue weighted by Gasteiger charge is 2.14. The topological polar surface area (TPSA) is 69.8 Å². The highest BCUT2D eigenvalue weighted by Crippen LogP contribution is 2.27. The molecule has 0 saturated heterocycles. The van der Waals surface area contributed by atoms with Gasteiger partial charge in [0.2, 0.25) is 0 Å². The molecule has 2 N–H and O–H groups in total. The number of methoxy groups -OCH3 is 2. The molecule has 3 rings (SSSR count). The Bertz CT molecular complexity index is 1240. The lowest BCUT2D eigenvalue weighted by Gasteiger charge is -2.27. The number of likely N-dealkylation sites (N-methyl/N-ethyl adjacent to an activating group) is 1. The fourth-order valence-corrected chi connectivity index (χ4v) is 4.35. The van der Waals surface area contributed by atoms with E-state index < -0.39 is 0 Å². The standard InChI is InChI=1S/C27H36N4O3S/c1-18-13-19(2)25-21(14-18)16-22(26(32)29-25)17-31(12-11-30(3)4)27(35)28-10-9-20-7-8-23(33-5)24(15-20)34-6/h7-8,13-16H,9-12,17H2,1-6H3,(H,28,35)(H,29,32). The lowest BCUT2D eigenvalue weighted by atomic mass is 10.1. The van der Waals surface area contributed by atoms with Crippen LogP contribution in [0.4, 0.5) is 0 Å². The zero-order valence-corrected chi connectivity index (χ0v) is 22.3. The zero-order chi connectivity index (χ0) is 25.5. The number of aryl methyl sites for hydroxylation is 2. The van der Waals surface area contributed by atoms with Crippen LogP contribution in [0.1, 0.15) is 22.3 Å². The summed E-state index contributed by atoms with van der Waals surface area (Å²) in [6, 6.07) is 12.1. The summed E-state index contributed by atoms with van der Waals surface area (Å²) in [7, 11) is 7.32. The number of pyridine rings is 1. The van der Waals surface area contributed by atoms with Gasteiger partial charge in [0.15, 0.2) is 16.6 Å². The van der Waals surface area contributed by atoms with E-state index in [1.807, 2.05) is 45.3 Å². The van der Waals surface area contributed by atoms with Crippen LogP contribution < -0.4 is 20.3 Å². The normalized spacial score (nSPS) is 11.1. The van der Waals surface area contributed by atoms with Crippen LogP contribution >= 0.6 is 12.2 Å². The summed E-state index contributed by atoms with van der Waals surface area (Å²) >= 11 is 5.75. The Morgan fingerprint density at radius 3 is 2.46 bits per heavy atom. The fourth-order valence-electron chi connectivity index (χ4n) is 4.09. The summed E-state index contributed by atoms with van der Waals surface area (Å²) in [5.41, 5.74) is 4.87. The molecule has 0 spiro atoms. The molecule has 0 unspecified atom stereocenters. The van der Waals surface area contributed by atoms with E-state index in [2.05, 4.69) is 39.2 Å². The first-order valence-corrected chi connectivity index (χ1v) is 12.1. The Kier molecular flexibility index (Phi) is 9.12. The van der Waals surface area contributed by atoms with Gasteiger partial charge in [0, 0.05) is 25.2 Å². The number of ether oxygens (including phenoxy) is 2. The number of benzene rings is 2. The summed E-state index contributed by atoms with van der Waals surface area (Å²) in [4.78, 5) is 20.1. The molecular weight excluding hydrogens is 460 g/mol. The predicted molar refractivity (Wildman–Crippen MR) is 147 cm³/mol. The van der Waals surface area contributed by atoms with Crippen LogP contribution in [0.15, 0.2) is 41.2 Å². The molecule has 7 nitrogen and oxygen atoms in total. The van der Waals surface area contributed by atoms with Gasteiger partial charge in [-0.1, -0.05) is 17.7 Å². The van der Waals surface area contributed by atoms with Crippen molar-refractivity contribution in [2.75, 3.05) is 47.9 Å². The van der Waals surface area contributed by atoms with Crippen LogP contribution in [-0.2, 0) is 13.0 Å². The Balaban J connectivity index is 1.73. The molecular formula is C27H36N4O3S. The van der Waals surface area contributed by atoms with Crippen molar-refractivity contribution in [3.8, 4) is 11.5 Å². The number of rotatable bonds is 10. The van der Waals surface area contributed by atoms with E-state index in [0.717, 1.165) is 35.0 Å². The zero-order valence-electron chi connectivity index (χ0n) is 21.5. The molecule has 0 atom stereocenters. The number of hydrogen-bond acceptors (Lipinski definition) is 5. The molecule has 8 heteroatoms. The third-order valence-corrected chi connectivity index (χ3v) is 6.38. The second-order valence-corrected chi connectivity index (χ2v) is 9.45. The minimum absolute atomic E-state index is 0.0765. The van der Waals surface area contributed by atoms with E-state index in [4.69, 9.17) is 21.7 Å². The van der Waals surface area contributed by atoms with Gasteiger partial charge in [-0.2, -0.15) is 0 Å². The fraction of sp³-hybridized carbons (Fsp3) is 0.407. The minimum atomic E-state index is -0.0765. The Morgan fingerprint density at radius 1 is 1.03 bits per heavy atom. The number of nitrogens with zero attached hydrogens (tertiary/aromatic N) is 2. The van der Waals surface area contributed by atoms with Crippen molar-refractivity contribution in [1.82, 2.24) is 20.1 Å². The van der Waals surface area contributed by atoms with E-state index in [1.165, 1.54) is 5.56 Å². The lowest BCUT2D eigenvalue weighted by Crippen LogP contribution is -2.43. The average molecular weight is 497 g/mol. The number of fused-ring (bicyclic) bond motifs is 1. The minimum Gasteiger partial charge on any atom is -0.493 e. The molecule has 0 aliphatic rings. The van der Waals surface area contributed by atoms with Crippen LogP contribution in [0.5, 0.6) is 11.5 Å². The molecule has 0 bridgehead atoms. The molecule has 0 aliphatic heterocycles. The van der Waals surface area contributed by atoms with E-state index in [-0.39, 0.29) is 5.56 Å². The largest absolute Gasteiger partial charge is 0.493 e. The van der Waals surface area contributed by atoms with Gasteiger partial charge >= 0.3 is 0 Å². The van der Waals surface area contributed by atoms with Crippen molar-refractivity contribution >= 4 is 28.2 Å². The quantitative estimate of drug-likeness (QED) is 0.415. The Hall–Kier alpha value is -3.10. The third-order valence-electron chi connectivity index (χ3n) is 5.97. The highest BCUT2D eigenvalue weighted by atomic mass is 32.1. The summed E-state index contributed by atoms with van der Waals surface area (Å²) < 4.78 is 10.7. The summed E-state index contributed by atoms with van der Waals surface area (Å²) in [5.74, 6) is 1.42. The summed E-state index contributed by atoms with van der Waals surface area (Å²) in [5, 5.41) is 5.04. The van der Waals surface area contributed by atoms with E-state index in [0.29, 0.717) is 41.8 Å². The number of H-pyrrole nitrogens is 1. The first-order chi connectivity index (χ1) is 16.7. The van der Waals surface area contributed by atoms with Gasteiger partial charge in [-0.25, -0.2) is 0 Å². The molecule has 0 saturated carbocycles. The van der Waals surface area contributed by atoms with Gasteiger partial charge in [0.25, 0.3) is 5.56 Å². The van der Waals surface area contributed by atoms with Crippen molar-refractivity contribution in [2.45, 2.75) is 26.8 Å². The number of aromatic nitrogens is 1. The molecule has 0 radical (unpaired) electrons. The highest BCUT2D eigenvalue weighted by molar-refractivity contribution is 7.80. The molecule has 188 valence electrons. The monoisotopic (exact) mass is 496 g/mol. The van der Waals surface area contributed by atoms with Crippen LogP contribution in [0.25, 0.3) is 10.9 Å². The number of thiocarbonyl (C=S) groups is 1. The SMILES string of the molecule is COc1ccc(CCNC(=S)N(CCN(C)C)Cc2cc3cc(C)cc(C)c3[nH]c2=O)cc1OC. The van der Waals surface area contributed by atoms with E-state index >= 15 is 0 Å². The average Bonchev–Trinajstić information content (AvgIpc) is 2.82. The van der Waals surface area contributed by atoms with E-state index in [9.17, 15) is 4.79 Å². The van der Waals surface area contributed by atoms with Gasteiger partial charge in [-0.3, -0.25) is 4.79 Å². The van der Waals surface area contributed by atoms with Crippen molar-refractivity contribution < 1.29 is 9.47 Å².